The van der Waals surface area contributed by atoms with Crippen molar-refractivity contribution in [2.24, 2.45) is 0 Å². The van der Waals surface area contributed by atoms with Crippen LogP contribution in [0.15, 0.2) is 75.7 Å². The van der Waals surface area contributed by atoms with Gasteiger partial charge in [0.05, 0.1) is 27.7 Å². The van der Waals surface area contributed by atoms with Crippen molar-refractivity contribution in [1.29, 1.82) is 10.5 Å². The standard InChI is InChI=1S/C23H14Br2N2O/c24-21-8-6-17(7-9-21)20(14-27)11-16-5-10-23(22(25)12-16)28-15-19-4-2-1-3-18(19)13-26/h1-12H,15H2/b20-11-. The van der Waals surface area contributed by atoms with Crippen LogP contribution in [-0.2, 0) is 6.61 Å². The highest BCUT2D eigenvalue weighted by Crippen LogP contribution is 2.29. The largest absolute Gasteiger partial charge is 0.488 e. The Bertz CT molecular complexity index is 1110. The van der Waals surface area contributed by atoms with Crippen LogP contribution in [0.1, 0.15) is 22.3 Å². The minimum Gasteiger partial charge on any atom is -0.488 e. The molecule has 0 spiro atoms. The Morgan fingerprint density at radius 3 is 2.39 bits per heavy atom. The molecule has 0 atom stereocenters. The van der Waals surface area contributed by atoms with E-state index in [1.54, 1.807) is 6.07 Å². The van der Waals surface area contributed by atoms with Crippen LogP contribution in [-0.4, -0.2) is 0 Å². The summed E-state index contributed by atoms with van der Waals surface area (Å²) in [4.78, 5) is 0. The monoisotopic (exact) mass is 492 g/mol. The summed E-state index contributed by atoms with van der Waals surface area (Å²) in [6.07, 6.45) is 1.84. The van der Waals surface area contributed by atoms with E-state index in [9.17, 15) is 10.5 Å². The minimum atomic E-state index is 0.305. The van der Waals surface area contributed by atoms with Gasteiger partial charge in [0, 0.05) is 10.0 Å². The molecule has 0 fully saturated rings. The maximum atomic E-state index is 9.50. The molecule has 0 aliphatic carbocycles. The van der Waals surface area contributed by atoms with Crippen LogP contribution in [0.4, 0.5) is 0 Å². The summed E-state index contributed by atoms with van der Waals surface area (Å²) in [7, 11) is 0. The van der Waals surface area contributed by atoms with Crippen molar-refractivity contribution in [3.05, 3.63) is 97.9 Å². The van der Waals surface area contributed by atoms with Gasteiger partial charge in [0.25, 0.3) is 0 Å². The van der Waals surface area contributed by atoms with Gasteiger partial charge in [-0.1, -0.05) is 52.3 Å². The quantitative estimate of drug-likeness (QED) is 0.292. The second-order valence-electron chi connectivity index (χ2n) is 5.92. The van der Waals surface area contributed by atoms with Gasteiger partial charge in [-0.3, -0.25) is 0 Å². The molecule has 0 aromatic heterocycles. The van der Waals surface area contributed by atoms with Gasteiger partial charge >= 0.3 is 0 Å². The maximum Gasteiger partial charge on any atom is 0.134 e. The fourth-order valence-corrected chi connectivity index (χ4v) is 3.39. The van der Waals surface area contributed by atoms with Crippen LogP contribution in [0, 0.1) is 22.7 Å². The number of benzene rings is 3. The molecule has 3 rings (SSSR count). The van der Waals surface area contributed by atoms with Gasteiger partial charge in [-0.25, -0.2) is 0 Å². The van der Waals surface area contributed by atoms with E-state index in [2.05, 4.69) is 44.0 Å². The topological polar surface area (TPSA) is 56.8 Å². The highest BCUT2D eigenvalue weighted by molar-refractivity contribution is 9.10. The molecule has 0 saturated heterocycles. The highest BCUT2D eigenvalue weighted by atomic mass is 79.9. The zero-order valence-electron chi connectivity index (χ0n) is 14.7. The first-order valence-electron chi connectivity index (χ1n) is 8.39. The second-order valence-corrected chi connectivity index (χ2v) is 7.69. The molecule has 0 unspecified atom stereocenters. The third-order valence-corrected chi connectivity index (χ3v) is 5.21. The van der Waals surface area contributed by atoms with Crippen molar-refractivity contribution < 1.29 is 4.74 Å². The summed E-state index contributed by atoms with van der Waals surface area (Å²) in [5, 5.41) is 18.7. The Morgan fingerprint density at radius 2 is 1.71 bits per heavy atom. The molecule has 3 nitrogen and oxygen atoms in total. The van der Waals surface area contributed by atoms with Crippen LogP contribution >= 0.6 is 31.9 Å². The smallest absolute Gasteiger partial charge is 0.134 e. The molecule has 3 aromatic rings. The lowest BCUT2D eigenvalue weighted by atomic mass is 10.0. The van der Waals surface area contributed by atoms with Gasteiger partial charge < -0.3 is 4.74 Å². The Labute approximate surface area is 180 Å². The Hall–Kier alpha value is -2.86. The van der Waals surface area contributed by atoms with Gasteiger partial charge in [0.15, 0.2) is 0 Å². The van der Waals surface area contributed by atoms with Gasteiger partial charge in [0.2, 0.25) is 0 Å². The average molecular weight is 494 g/mol. The zero-order valence-corrected chi connectivity index (χ0v) is 17.9. The number of nitrogens with zero attached hydrogens (tertiary/aromatic N) is 2. The number of hydrogen-bond donors (Lipinski definition) is 0. The van der Waals surface area contributed by atoms with E-state index < -0.39 is 0 Å². The molecule has 0 heterocycles. The molecule has 0 radical (unpaired) electrons. The fourth-order valence-electron chi connectivity index (χ4n) is 2.61. The third-order valence-electron chi connectivity index (χ3n) is 4.06. The third kappa shape index (κ3) is 4.89. The van der Waals surface area contributed by atoms with Crippen LogP contribution < -0.4 is 4.74 Å². The predicted molar refractivity (Wildman–Crippen MR) is 117 cm³/mol. The van der Waals surface area contributed by atoms with Crippen molar-refractivity contribution in [2.75, 3.05) is 0 Å². The first-order valence-corrected chi connectivity index (χ1v) is 9.97. The lowest BCUT2D eigenvalue weighted by Gasteiger charge is -2.10. The summed E-state index contributed by atoms with van der Waals surface area (Å²) in [5.74, 6) is 0.673. The van der Waals surface area contributed by atoms with E-state index in [0.717, 1.165) is 25.6 Å². The molecule has 0 amide bonds. The number of hydrogen-bond acceptors (Lipinski definition) is 3. The molecule has 0 aliphatic rings. The molecule has 0 N–H and O–H groups in total. The van der Waals surface area contributed by atoms with Crippen LogP contribution in [0.2, 0.25) is 0 Å². The summed E-state index contributed by atoms with van der Waals surface area (Å²) in [6.45, 7) is 0.305. The second kappa shape index (κ2) is 9.37. The van der Waals surface area contributed by atoms with Crippen molar-refractivity contribution >= 4 is 43.5 Å². The van der Waals surface area contributed by atoms with Gasteiger partial charge in [-0.15, -0.1) is 0 Å². The summed E-state index contributed by atoms with van der Waals surface area (Å²) >= 11 is 6.93. The number of ether oxygens (including phenoxy) is 1. The highest BCUT2D eigenvalue weighted by Gasteiger charge is 2.07. The Balaban J connectivity index is 1.79. The summed E-state index contributed by atoms with van der Waals surface area (Å²) in [6, 6.07) is 25.0. The molecular weight excluding hydrogens is 480 g/mol. The SMILES string of the molecule is N#C/C(=C/c1ccc(OCc2ccccc2C#N)c(Br)c1)c1ccc(Br)cc1. The maximum absolute atomic E-state index is 9.50. The van der Waals surface area contributed by atoms with Crippen LogP contribution in [0.3, 0.4) is 0 Å². The van der Waals surface area contributed by atoms with Gasteiger partial charge in [-0.05, 0) is 63.5 Å². The van der Waals surface area contributed by atoms with Gasteiger partial charge in [0.1, 0.15) is 12.4 Å². The first kappa shape index (κ1) is 19.9. The molecular formula is C23H14Br2N2O. The number of rotatable bonds is 5. The molecule has 5 heteroatoms. The zero-order chi connectivity index (χ0) is 19.9. The van der Waals surface area contributed by atoms with Crippen molar-refractivity contribution in [1.82, 2.24) is 0 Å². The van der Waals surface area contributed by atoms with Crippen molar-refractivity contribution in [3.8, 4) is 17.9 Å². The lowest BCUT2D eigenvalue weighted by Crippen LogP contribution is -1.98. The summed E-state index contributed by atoms with van der Waals surface area (Å²) in [5.41, 5.74) is 3.76. The van der Waals surface area contributed by atoms with E-state index in [-0.39, 0.29) is 0 Å². The van der Waals surface area contributed by atoms with Crippen molar-refractivity contribution in [2.45, 2.75) is 6.61 Å². The summed E-state index contributed by atoms with van der Waals surface area (Å²) < 4.78 is 7.61. The van der Waals surface area contributed by atoms with E-state index in [1.807, 2.05) is 66.7 Å². The van der Waals surface area contributed by atoms with Crippen LogP contribution in [0.25, 0.3) is 11.6 Å². The number of allylic oxidation sites excluding steroid dienone is 1. The molecule has 0 saturated carbocycles. The number of nitriles is 2. The minimum absolute atomic E-state index is 0.305. The molecule has 3 aromatic carbocycles. The molecule has 0 bridgehead atoms. The van der Waals surface area contributed by atoms with Crippen LogP contribution in [0.5, 0.6) is 5.75 Å². The van der Waals surface area contributed by atoms with Gasteiger partial charge in [-0.2, -0.15) is 10.5 Å². The van der Waals surface area contributed by atoms with E-state index in [1.165, 1.54) is 0 Å². The molecule has 136 valence electrons. The number of halogens is 2. The molecule has 0 aliphatic heterocycles. The lowest BCUT2D eigenvalue weighted by molar-refractivity contribution is 0.304. The van der Waals surface area contributed by atoms with E-state index in [0.29, 0.717) is 23.5 Å². The van der Waals surface area contributed by atoms with Crippen molar-refractivity contribution in [3.63, 3.8) is 0 Å². The fraction of sp³-hybridized carbons (Fsp3) is 0.0435. The first-order chi connectivity index (χ1) is 13.6. The Kier molecular flexibility index (Phi) is 6.66. The Morgan fingerprint density at radius 1 is 0.964 bits per heavy atom. The normalized spacial score (nSPS) is 10.8. The average Bonchev–Trinajstić information content (AvgIpc) is 2.72. The molecule has 28 heavy (non-hydrogen) atoms. The predicted octanol–water partition coefficient (Wildman–Crippen LogP) is 6.73. The van der Waals surface area contributed by atoms with E-state index >= 15 is 0 Å². The van der Waals surface area contributed by atoms with E-state index in [4.69, 9.17) is 4.74 Å².